The van der Waals surface area contributed by atoms with Crippen LogP contribution < -0.4 is 10.6 Å². The average Bonchev–Trinajstić information content (AvgIpc) is 2.92. The fraction of sp³-hybridized carbons (Fsp3) is 0.529. The topological polar surface area (TPSA) is 76.7 Å². The van der Waals surface area contributed by atoms with Gasteiger partial charge in [-0.15, -0.1) is 0 Å². The molecule has 0 unspecified atom stereocenters. The second-order valence-corrected chi connectivity index (χ2v) is 6.37. The molecule has 2 saturated heterocycles. The highest BCUT2D eigenvalue weighted by molar-refractivity contribution is 5.98. The van der Waals surface area contributed by atoms with Crippen LogP contribution in [-0.2, 0) is 14.3 Å². The molecule has 0 saturated carbocycles. The summed E-state index contributed by atoms with van der Waals surface area (Å²) in [6.45, 7) is 3.66. The average molecular weight is 318 g/mol. The van der Waals surface area contributed by atoms with Crippen molar-refractivity contribution in [3.63, 3.8) is 0 Å². The Morgan fingerprint density at radius 3 is 3.00 bits per heavy atom. The van der Waals surface area contributed by atoms with Gasteiger partial charge in [0.05, 0.1) is 18.8 Å². The number of carbonyl (C=O) groups is 2. The van der Waals surface area contributed by atoms with Gasteiger partial charge in [-0.05, 0) is 44.5 Å². The van der Waals surface area contributed by atoms with E-state index in [4.69, 9.17) is 9.47 Å². The summed E-state index contributed by atoms with van der Waals surface area (Å²) < 4.78 is 10.7. The number of fused-ring (bicyclic) bond motifs is 1. The minimum atomic E-state index is -0.831. The van der Waals surface area contributed by atoms with Gasteiger partial charge in [0.25, 0.3) is 5.91 Å². The number of anilines is 1. The molecule has 2 N–H and O–H groups in total. The van der Waals surface area contributed by atoms with Gasteiger partial charge in [0.15, 0.2) is 0 Å². The van der Waals surface area contributed by atoms with E-state index in [1.165, 1.54) is 7.11 Å². The maximum atomic E-state index is 12.7. The van der Waals surface area contributed by atoms with Crippen molar-refractivity contribution in [3.05, 3.63) is 29.8 Å². The zero-order valence-electron chi connectivity index (χ0n) is 13.4. The minimum absolute atomic E-state index is 0.147. The summed E-state index contributed by atoms with van der Waals surface area (Å²) in [7, 11) is 1.33. The molecule has 1 amide bonds. The van der Waals surface area contributed by atoms with E-state index in [-0.39, 0.29) is 12.0 Å². The maximum Gasteiger partial charge on any atom is 0.337 e. The number of benzene rings is 1. The number of ether oxygens (including phenoxy) is 2. The Hall–Kier alpha value is -1.92. The van der Waals surface area contributed by atoms with Gasteiger partial charge in [-0.2, -0.15) is 0 Å². The predicted molar refractivity (Wildman–Crippen MR) is 85.3 cm³/mol. The predicted octanol–water partition coefficient (Wildman–Crippen LogP) is 1.57. The van der Waals surface area contributed by atoms with Crippen LogP contribution in [0.15, 0.2) is 24.3 Å². The summed E-state index contributed by atoms with van der Waals surface area (Å²) in [6.07, 6.45) is 1.78. The third-order valence-electron chi connectivity index (χ3n) is 4.62. The van der Waals surface area contributed by atoms with E-state index in [0.29, 0.717) is 23.6 Å². The molecule has 2 aliphatic heterocycles. The molecule has 2 heterocycles. The van der Waals surface area contributed by atoms with Crippen molar-refractivity contribution in [2.24, 2.45) is 5.92 Å². The van der Waals surface area contributed by atoms with Crippen LogP contribution in [0.25, 0.3) is 0 Å². The second kappa shape index (κ2) is 6.29. The number of hydrogen-bond acceptors (Lipinski definition) is 5. The Balaban J connectivity index is 1.70. The SMILES string of the molecule is COC(=O)c1cccc(NC(=O)[C@@]2(C)C[C@@H]3CNCC[C@@H]3O2)c1. The lowest BCUT2D eigenvalue weighted by Crippen LogP contribution is -2.40. The quantitative estimate of drug-likeness (QED) is 0.827. The first-order valence-corrected chi connectivity index (χ1v) is 7.90. The normalized spacial score (nSPS) is 29.7. The third-order valence-corrected chi connectivity index (χ3v) is 4.62. The molecule has 0 spiro atoms. The number of methoxy groups -OCH3 is 1. The molecular formula is C17H22N2O4. The number of amides is 1. The van der Waals surface area contributed by atoms with Crippen LogP contribution in [0.2, 0.25) is 0 Å². The Kier molecular flexibility index (Phi) is 4.37. The third kappa shape index (κ3) is 3.23. The summed E-state index contributed by atoms with van der Waals surface area (Å²) in [5.41, 5.74) is 0.138. The Labute approximate surface area is 135 Å². The highest BCUT2D eigenvalue weighted by atomic mass is 16.5. The first kappa shape index (κ1) is 16.0. The molecule has 2 fully saturated rings. The Morgan fingerprint density at radius 1 is 1.43 bits per heavy atom. The molecule has 1 aromatic rings. The van der Waals surface area contributed by atoms with Gasteiger partial charge in [-0.1, -0.05) is 6.07 Å². The van der Waals surface area contributed by atoms with Crippen molar-refractivity contribution < 1.29 is 19.1 Å². The van der Waals surface area contributed by atoms with E-state index < -0.39 is 11.6 Å². The van der Waals surface area contributed by atoms with Crippen LogP contribution in [-0.4, -0.2) is 43.8 Å². The molecule has 3 rings (SSSR count). The van der Waals surface area contributed by atoms with Crippen LogP contribution in [0, 0.1) is 5.92 Å². The number of rotatable bonds is 3. The van der Waals surface area contributed by atoms with E-state index in [0.717, 1.165) is 19.5 Å². The molecule has 23 heavy (non-hydrogen) atoms. The van der Waals surface area contributed by atoms with Gasteiger partial charge in [-0.25, -0.2) is 4.79 Å². The van der Waals surface area contributed by atoms with Gasteiger partial charge >= 0.3 is 5.97 Å². The van der Waals surface area contributed by atoms with Crippen LogP contribution >= 0.6 is 0 Å². The molecule has 6 heteroatoms. The number of nitrogens with one attached hydrogen (secondary N) is 2. The monoisotopic (exact) mass is 318 g/mol. The summed E-state index contributed by atoms with van der Waals surface area (Å²) in [6, 6.07) is 6.72. The zero-order chi connectivity index (χ0) is 16.4. The lowest BCUT2D eigenvalue weighted by Gasteiger charge is -2.25. The Bertz CT molecular complexity index is 602. The molecule has 0 aliphatic carbocycles. The molecular weight excluding hydrogens is 296 g/mol. The molecule has 3 atom stereocenters. The number of piperidine rings is 1. The van der Waals surface area contributed by atoms with Crippen LogP contribution in [0.3, 0.4) is 0 Å². The Morgan fingerprint density at radius 2 is 2.26 bits per heavy atom. The van der Waals surface area contributed by atoms with Crippen LogP contribution in [0.1, 0.15) is 30.1 Å². The number of carbonyl (C=O) groups excluding carboxylic acids is 2. The van der Waals surface area contributed by atoms with E-state index in [1.807, 2.05) is 6.92 Å². The van der Waals surface area contributed by atoms with Crippen molar-refractivity contribution in [2.45, 2.75) is 31.5 Å². The van der Waals surface area contributed by atoms with Crippen molar-refractivity contribution in [1.29, 1.82) is 0 Å². The number of hydrogen-bond donors (Lipinski definition) is 2. The molecule has 0 radical (unpaired) electrons. The lowest BCUT2D eigenvalue weighted by atomic mass is 9.89. The van der Waals surface area contributed by atoms with E-state index in [2.05, 4.69) is 10.6 Å². The minimum Gasteiger partial charge on any atom is -0.465 e. The molecule has 1 aromatic carbocycles. The van der Waals surface area contributed by atoms with E-state index in [1.54, 1.807) is 24.3 Å². The van der Waals surface area contributed by atoms with Gasteiger partial charge in [-0.3, -0.25) is 4.79 Å². The summed E-state index contributed by atoms with van der Waals surface area (Å²) in [5.74, 6) is -0.226. The standard InChI is InChI=1S/C17H22N2O4/c1-17(9-12-10-18-7-6-14(12)23-17)16(21)19-13-5-3-4-11(8-13)15(20)22-2/h3-5,8,12,14,18H,6-7,9-10H2,1-2H3,(H,19,21)/t12-,14+,17-/m1/s1. The fourth-order valence-corrected chi connectivity index (χ4v) is 3.39. The molecule has 0 bridgehead atoms. The molecule has 6 nitrogen and oxygen atoms in total. The number of esters is 1. The molecule has 0 aromatic heterocycles. The smallest absolute Gasteiger partial charge is 0.337 e. The lowest BCUT2D eigenvalue weighted by molar-refractivity contribution is -0.138. The van der Waals surface area contributed by atoms with Gasteiger partial charge in [0.1, 0.15) is 5.60 Å². The highest BCUT2D eigenvalue weighted by Crippen LogP contribution is 2.38. The first-order chi connectivity index (χ1) is 11.0. The zero-order valence-corrected chi connectivity index (χ0v) is 13.4. The first-order valence-electron chi connectivity index (χ1n) is 7.90. The summed E-state index contributed by atoms with van der Waals surface area (Å²) in [4.78, 5) is 24.2. The van der Waals surface area contributed by atoms with Crippen LogP contribution in [0.5, 0.6) is 0 Å². The second-order valence-electron chi connectivity index (χ2n) is 6.37. The largest absolute Gasteiger partial charge is 0.465 e. The van der Waals surface area contributed by atoms with Gasteiger partial charge < -0.3 is 20.1 Å². The maximum absolute atomic E-state index is 12.7. The van der Waals surface area contributed by atoms with Crippen molar-refractivity contribution >= 4 is 17.6 Å². The van der Waals surface area contributed by atoms with Crippen LogP contribution in [0.4, 0.5) is 5.69 Å². The van der Waals surface area contributed by atoms with Gasteiger partial charge in [0, 0.05) is 18.2 Å². The summed E-state index contributed by atoms with van der Waals surface area (Å²) >= 11 is 0. The highest BCUT2D eigenvalue weighted by Gasteiger charge is 2.48. The van der Waals surface area contributed by atoms with Gasteiger partial charge in [0.2, 0.25) is 0 Å². The van der Waals surface area contributed by atoms with E-state index >= 15 is 0 Å². The van der Waals surface area contributed by atoms with Crippen molar-refractivity contribution in [3.8, 4) is 0 Å². The van der Waals surface area contributed by atoms with Crippen molar-refractivity contribution in [2.75, 3.05) is 25.5 Å². The van der Waals surface area contributed by atoms with Crippen molar-refractivity contribution in [1.82, 2.24) is 5.32 Å². The fourth-order valence-electron chi connectivity index (χ4n) is 3.39. The molecule has 2 aliphatic rings. The molecule has 124 valence electrons. The summed E-state index contributed by atoms with van der Waals surface area (Å²) in [5, 5.41) is 6.21. The van der Waals surface area contributed by atoms with E-state index in [9.17, 15) is 9.59 Å².